The number of aromatic nitrogens is 3. The fraction of sp³-hybridized carbons (Fsp3) is 0.529. The molecule has 2 aliphatic carbocycles. The number of alkyl halides is 3. The normalized spacial score (nSPS) is 22.0. The maximum Gasteiger partial charge on any atom is 0.416 e. The van der Waals surface area contributed by atoms with Crippen LogP contribution in [0.15, 0.2) is 42.7 Å². The fourth-order valence-corrected chi connectivity index (χ4v) is 7.08. The quantitative estimate of drug-likeness (QED) is 0.275. The summed E-state index contributed by atoms with van der Waals surface area (Å²) < 4.78 is 56.7. The summed E-state index contributed by atoms with van der Waals surface area (Å²) >= 11 is 0. The Balaban J connectivity index is 1.35. The number of rotatable bonds is 8. The van der Waals surface area contributed by atoms with Gasteiger partial charge in [0.15, 0.2) is 0 Å². The SMILES string of the molecule is COCC1CC1(c1cccc(N2Cc3c(cc(CN(C(=O)OC(C)(C)C)C4(C)CCC4)cc3C(F)(F)F)C2=O)c1)c1nncn1C. The molecule has 0 spiro atoms. The Morgan fingerprint density at radius 3 is 2.48 bits per heavy atom. The van der Waals surface area contributed by atoms with Gasteiger partial charge in [0.2, 0.25) is 0 Å². The van der Waals surface area contributed by atoms with Crippen LogP contribution < -0.4 is 4.90 Å². The molecule has 3 aromatic rings. The van der Waals surface area contributed by atoms with Gasteiger partial charge < -0.3 is 18.9 Å². The van der Waals surface area contributed by atoms with E-state index in [1.165, 1.54) is 15.9 Å². The second-order valence-corrected chi connectivity index (χ2v) is 14.1. The number of hydrogen-bond donors (Lipinski definition) is 0. The van der Waals surface area contributed by atoms with E-state index >= 15 is 0 Å². The van der Waals surface area contributed by atoms with Crippen LogP contribution >= 0.6 is 0 Å². The first-order valence-corrected chi connectivity index (χ1v) is 15.6. The van der Waals surface area contributed by atoms with Gasteiger partial charge in [-0.15, -0.1) is 10.2 Å². The first-order chi connectivity index (χ1) is 21.6. The number of nitrogens with zero attached hydrogens (tertiary/aromatic N) is 5. The van der Waals surface area contributed by atoms with Crippen LogP contribution in [0.5, 0.6) is 0 Å². The maximum absolute atomic E-state index is 14.6. The Kier molecular flexibility index (Phi) is 7.73. The predicted octanol–water partition coefficient (Wildman–Crippen LogP) is 6.63. The monoisotopic (exact) mass is 639 g/mol. The van der Waals surface area contributed by atoms with Crippen molar-refractivity contribution in [1.82, 2.24) is 19.7 Å². The van der Waals surface area contributed by atoms with Gasteiger partial charge in [-0.25, -0.2) is 4.79 Å². The zero-order chi connectivity index (χ0) is 33.2. The molecule has 2 unspecified atom stereocenters. The van der Waals surface area contributed by atoms with Gasteiger partial charge in [0.25, 0.3) is 5.91 Å². The molecule has 3 aliphatic rings. The number of halogens is 3. The fourth-order valence-electron chi connectivity index (χ4n) is 7.08. The molecule has 2 atom stereocenters. The van der Waals surface area contributed by atoms with Gasteiger partial charge in [0.05, 0.1) is 24.1 Å². The molecule has 1 aliphatic heterocycles. The molecule has 2 saturated carbocycles. The van der Waals surface area contributed by atoms with Crippen LogP contribution in [0.25, 0.3) is 0 Å². The molecule has 46 heavy (non-hydrogen) atoms. The molecule has 0 saturated heterocycles. The van der Waals surface area contributed by atoms with Crippen molar-refractivity contribution in [2.45, 2.75) is 89.2 Å². The van der Waals surface area contributed by atoms with Crippen LogP contribution in [-0.4, -0.2) is 56.5 Å². The number of hydrogen-bond acceptors (Lipinski definition) is 6. The molecule has 2 fully saturated rings. The summed E-state index contributed by atoms with van der Waals surface area (Å²) in [5.41, 5.74) is -1.13. The van der Waals surface area contributed by atoms with Crippen molar-refractivity contribution in [3.63, 3.8) is 0 Å². The zero-order valence-electron chi connectivity index (χ0n) is 27.1. The number of fused-ring (bicyclic) bond motifs is 1. The summed E-state index contributed by atoms with van der Waals surface area (Å²) in [5, 5.41) is 8.45. The maximum atomic E-state index is 14.6. The van der Waals surface area contributed by atoms with Crippen molar-refractivity contribution in [3.8, 4) is 0 Å². The minimum atomic E-state index is -4.70. The molecule has 2 aromatic carbocycles. The summed E-state index contributed by atoms with van der Waals surface area (Å²) in [7, 11) is 3.51. The van der Waals surface area contributed by atoms with Gasteiger partial charge in [-0.1, -0.05) is 12.1 Å². The number of amides is 2. The molecule has 1 aromatic heterocycles. The number of methoxy groups -OCH3 is 1. The molecule has 0 N–H and O–H groups in total. The lowest BCUT2D eigenvalue weighted by atomic mass is 9.77. The third-order valence-electron chi connectivity index (χ3n) is 9.70. The van der Waals surface area contributed by atoms with Gasteiger partial charge in [-0.05, 0) is 94.3 Å². The van der Waals surface area contributed by atoms with Gasteiger partial charge in [-0.2, -0.15) is 13.2 Å². The van der Waals surface area contributed by atoms with Crippen LogP contribution in [0.2, 0.25) is 0 Å². The van der Waals surface area contributed by atoms with Crippen molar-refractivity contribution >= 4 is 17.7 Å². The standard InChI is InChI=1S/C34H40F3N5O4/c1-31(2,3)46-30(44)42(32(4)11-8-12-32)17-21-13-25-26(27(14-21)34(35,36)37)18-41(28(25)43)24-10-7-9-22(15-24)33(16-23(33)19-45-6)29-39-38-20-40(29)5/h7,9-10,13-15,20,23H,8,11-12,16-19H2,1-6H3. The average Bonchev–Trinajstić information content (AvgIpc) is 3.33. The first-order valence-electron chi connectivity index (χ1n) is 15.6. The van der Waals surface area contributed by atoms with Crippen molar-refractivity contribution in [2.24, 2.45) is 13.0 Å². The molecular weight excluding hydrogens is 599 g/mol. The molecule has 0 bridgehead atoms. The predicted molar refractivity (Wildman–Crippen MR) is 164 cm³/mol. The summed E-state index contributed by atoms with van der Waals surface area (Å²) in [4.78, 5) is 30.1. The zero-order valence-corrected chi connectivity index (χ0v) is 27.1. The van der Waals surface area contributed by atoms with Gasteiger partial charge in [-0.3, -0.25) is 9.69 Å². The number of ether oxygens (including phenoxy) is 2. The minimum absolute atomic E-state index is 0.00942. The van der Waals surface area contributed by atoms with E-state index < -0.39 is 40.3 Å². The molecular formula is C34H40F3N5O4. The van der Waals surface area contributed by atoms with Crippen LogP contribution in [0, 0.1) is 5.92 Å². The van der Waals surface area contributed by atoms with Crippen LogP contribution in [0.1, 0.15) is 91.8 Å². The largest absolute Gasteiger partial charge is 0.444 e. The lowest BCUT2D eigenvalue weighted by Crippen LogP contribution is -2.54. The van der Waals surface area contributed by atoms with Gasteiger partial charge in [0.1, 0.15) is 17.8 Å². The lowest BCUT2D eigenvalue weighted by Gasteiger charge is -2.47. The second-order valence-electron chi connectivity index (χ2n) is 14.1. The number of carbonyl (C=O) groups excluding carboxylic acids is 2. The Morgan fingerprint density at radius 2 is 1.89 bits per heavy atom. The van der Waals surface area contributed by atoms with E-state index in [1.807, 2.05) is 36.7 Å². The molecule has 9 nitrogen and oxygen atoms in total. The van der Waals surface area contributed by atoms with E-state index in [4.69, 9.17) is 9.47 Å². The van der Waals surface area contributed by atoms with Crippen LogP contribution in [0.4, 0.5) is 23.7 Å². The highest BCUT2D eigenvalue weighted by molar-refractivity contribution is 6.10. The minimum Gasteiger partial charge on any atom is -0.444 e. The van der Waals surface area contributed by atoms with Crippen molar-refractivity contribution in [2.75, 3.05) is 18.6 Å². The lowest BCUT2D eigenvalue weighted by molar-refractivity contribution is -0.138. The van der Waals surface area contributed by atoms with Crippen LogP contribution in [-0.2, 0) is 41.2 Å². The second kappa shape index (κ2) is 11.1. The summed E-state index contributed by atoms with van der Waals surface area (Å²) in [5.74, 6) is 0.378. The first kappa shape index (κ1) is 32.0. The highest BCUT2D eigenvalue weighted by Gasteiger charge is 2.59. The Hall–Kier alpha value is -3.93. The number of benzene rings is 2. The van der Waals surface area contributed by atoms with E-state index in [0.29, 0.717) is 25.1 Å². The Morgan fingerprint density at radius 1 is 1.15 bits per heavy atom. The average molecular weight is 640 g/mol. The highest BCUT2D eigenvalue weighted by Crippen LogP contribution is 2.58. The highest BCUT2D eigenvalue weighted by atomic mass is 19.4. The van der Waals surface area contributed by atoms with E-state index in [1.54, 1.807) is 40.3 Å². The summed E-state index contributed by atoms with van der Waals surface area (Å²) in [6, 6.07) is 9.95. The van der Waals surface area contributed by atoms with Crippen molar-refractivity contribution in [3.05, 3.63) is 76.4 Å². The Bertz CT molecular complexity index is 1680. The summed E-state index contributed by atoms with van der Waals surface area (Å²) in [6.45, 7) is 7.35. The van der Waals surface area contributed by atoms with E-state index in [2.05, 4.69) is 10.2 Å². The topological polar surface area (TPSA) is 89.8 Å². The molecule has 2 amide bonds. The Labute approximate surface area is 266 Å². The number of aryl methyl sites for hydroxylation is 1. The van der Waals surface area contributed by atoms with Crippen LogP contribution in [0.3, 0.4) is 0 Å². The number of anilines is 1. The van der Waals surface area contributed by atoms with E-state index in [0.717, 1.165) is 30.3 Å². The molecule has 2 heterocycles. The number of carbonyl (C=O) groups is 2. The van der Waals surface area contributed by atoms with E-state index in [-0.39, 0.29) is 35.7 Å². The van der Waals surface area contributed by atoms with Crippen molar-refractivity contribution in [1.29, 1.82) is 0 Å². The van der Waals surface area contributed by atoms with Gasteiger partial charge in [0, 0.05) is 43.4 Å². The summed E-state index contributed by atoms with van der Waals surface area (Å²) in [6.07, 6.45) is -0.552. The van der Waals surface area contributed by atoms with Crippen molar-refractivity contribution < 1.29 is 32.2 Å². The smallest absolute Gasteiger partial charge is 0.416 e. The van der Waals surface area contributed by atoms with E-state index in [9.17, 15) is 22.8 Å². The molecule has 246 valence electrons. The molecule has 0 radical (unpaired) electrons. The van der Waals surface area contributed by atoms with Gasteiger partial charge >= 0.3 is 12.3 Å². The molecule has 6 rings (SSSR count). The molecule has 12 heteroatoms. The third-order valence-corrected chi connectivity index (χ3v) is 9.70. The third kappa shape index (κ3) is 5.54.